The fourth-order valence-corrected chi connectivity index (χ4v) is 1.46. The number of hydrogen-bond donors (Lipinski definition) is 2. The van der Waals surface area contributed by atoms with Crippen LogP contribution in [0.5, 0.6) is 0 Å². The van der Waals surface area contributed by atoms with Crippen molar-refractivity contribution >= 4 is 5.82 Å². The quantitative estimate of drug-likeness (QED) is 0.767. The summed E-state index contributed by atoms with van der Waals surface area (Å²) >= 11 is 0. The fourth-order valence-electron chi connectivity index (χ4n) is 1.46. The molecule has 1 aromatic rings. The smallest absolute Gasteiger partial charge is 0.142 e. The van der Waals surface area contributed by atoms with Gasteiger partial charge >= 0.3 is 0 Å². The molecule has 0 saturated heterocycles. The van der Waals surface area contributed by atoms with Gasteiger partial charge in [0.15, 0.2) is 0 Å². The standard InChI is InChI=1S/C10H16N4O/c1-7(4-5-15)12-10-9(6-11)8(2)13-14(10)3/h7,12,15H,4-5H2,1-3H3. The van der Waals surface area contributed by atoms with Gasteiger partial charge in [0.25, 0.3) is 0 Å². The molecule has 1 atom stereocenters. The molecule has 1 heterocycles. The Kier molecular flexibility index (Phi) is 3.69. The van der Waals surface area contributed by atoms with Gasteiger partial charge in [0, 0.05) is 19.7 Å². The van der Waals surface area contributed by atoms with Crippen molar-refractivity contribution in [3.63, 3.8) is 0 Å². The third-order valence-electron chi connectivity index (χ3n) is 2.28. The highest BCUT2D eigenvalue weighted by Crippen LogP contribution is 2.18. The molecule has 0 aromatic carbocycles. The molecule has 0 bridgehead atoms. The van der Waals surface area contributed by atoms with E-state index >= 15 is 0 Å². The van der Waals surface area contributed by atoms with Crippen LogP contribution in [0.25, 0.3) is 0 Å². The average Bonchev–Trinajstić information content (AvgIpc) is 2.42. The summed E-state index contributed by atoms with van der Waals surface area (Å²) in [7, 11) is 1.79. The number of nitrogens with zero attached hydrogens (tertiary/aromatic N) is 3. The Balaban J connectivity index is 2.89. The molecular formula is C10H16N4O. The Bertz CT molecular complexity index is 378. The minimum Gasteiger partial charge on any atom is -0.396 e. The van der Waals surface area contributed by atoms with Crippen LogP contribution in [-0.2, 0) is 7.05 Å². The summed E-state index contributed by atoms with van der Waals surface area (Å²) in [5.41, 5.74) is 1.29. The predicted octanol–water partition coefficient (Wildman–Crippen LogP) is 0.783. The van der Waals surface area contributed by atoms with E-state index in [1.165, 1.54) is 0 Å². The van der Waals surface area contributed by atoms with Crippen molar-refractivity contribution in [1.29, 1.82) is 5.26 Å². The van der Waals surface area contributed by atoms with Crippen molar-refractivity contribution in [2.24, 2.45) is 7.05 Å². The lowest BCUT2D eigenvalue weighted by molar-refractivity contribution is 0.282. The molecule has 5 heteroatoms. The number of nitriles is 1. The first-order valence-corrected chi connectivity index (χ1v) is 4.91. The summed E-state index contributed by atoms with van der Waals surface area (Å²) in [6.45, 7) is 3.90. The maximum absolute atomic E-state index is 8.96. The Hall–Kier alpha value is -1.54. The number of aliphatic hydroxyl groups is 1. The minimum absolute atomic E-state index is 0.122. The highest BCUT2D eigenvalue weighted by Gasteiger charge is 2.14. The summed E-state index contributed by atoms with van der Waals surface area (Å²) in [4.78, 5) is 0. The summed E-state index contributed by atoms with van der Waals surface area (Å²) in [5.74, 6) is 0.718. The largest absolute Gasteiger partial charge is 0.396 e. The average molecular weight is 208 g/mol. The molecule has 0 aliphatic carbocycles. The SMILES string of the molecule is Cc1nn(C)c(NC(C)CCO)c1C#N. The molecule has 1 rings (SSSR count). The van der Waals surface area contributed by atoms with Crippen LogP contribution in [0.1, 0.15) is 24.6 Å². The van der Waals surface area contributed by atoms with Crippen molar-refractivity contribution in [2.75, 3.05) is 11.9 Å². The lowest BCUT2D eigenvalue weighted by Crippen LogP contribution is -2.19. The second kappa shape index (κ2) is 4.80. The van der Waals surface area contributed by atoms with Crippen molar-refractivity contribution in [1.82, 2.24) is 9.78 Å². The summed E-state index contributed by atoms with van der Waals surface area (Å²) in [5, 5.41) is 25.1. The van der Waals surface area contributed by atoms with Gasteiger partial charge in [-0.3, -0.25) is 4.68 Å². The summed E-state index contributed by atoms with van der Waals surface area (Å²) in [6, 6.07) is 2.25. The molecule has 1 unspecified atom stereocenters. The number of nitrogens with one attached hydrogen (secondary N) is 1. The second-order valence-electron chi connectivity index (χ2n) is 3.60. The topological polar surface area (TPSA) is 73.9 Å². The van der Waals surface area contributed by atoms with Gasteiger partial charge in [-0.1, -0.05) is 0 Å². The number of hydrogen-bond acceptors (Lipinski definition) is 4. The summed E-state index contributed by atoms with van der Waals surface area (Å²) < 4.78 is 1.65. The molecule has 0 aliphatic rings. The zero-order chi connectivity index (χ0) is 11.4. The molecule has 0 radical (unpaired) electrons. The molecule has 15 heavy (non-hydrogen) atoms. The molecule has 0 saturated carbocycles. The Morgan fingerprint density at radius 3 is 2.87 bits per heavy atom. The van der Waals surface area contributed by atoms with Gasteiger partial charge in [-0.2, -0.15) is 10.4 Å². The normalized spacial score (nSPS) is 12.2. The van der Waals surface area contributed by atoms with Crippen LogP contribution in [0.15, 0.2) is 0 Å². The lowest BCUT2D eigenvalue weighted by atomic mass is 10.2. The number of aromatic nitrogens is 2. The van der Waals surface area contributed by atoms with Gasteiger partial charge in [-0.25, -0.2) is 0 Å². The van der Waals surface area contributed by atoms with E-state index in [1.54, 1.807) is 18.7 Å². The van der Waals surface area contributed by atoms with Crippen LogP contribution in [0.4, 0.5) is 5.82 Å². The summed E-state index contributed by atoms with van der Waals surface area (Å²) in [6.07, 6.45) is 0.648. The molecule has 2 N–H and O–H groups in total. The maximum atomic E-state index is 8.96. The molecule has 82 valence electrons. The number of aliphatic hydroxyl groups excluding tert-OH is 1. The van der Waals surface area contributed by atoms with Crippen LogP contribution in [0.3, 0.4) is 0 Å². The first-order valence-electron chi connectivity index (χ1n) is 4.91. The van der Waals surface area contributed by atoms with Gasteiger partial charge in [0.2, 0.25) is 0 Å². The minimum atomic E-state index is 0.122. The van der Waals surface area contributed by atoms with E-state index in [-0.39, 0.29) is 12.6 Å². The van der Waals surface area contributed by atoms with E-state index in [0.717, 1.165) is 11.5 Å². The van der Waals surface area contributed by atoms with Gasteiger partial charge < -0.3 is 10.4 Å². The molecule has 1 aromatic heterocycles. The lowest BCUT2D eigenvalue weighted by Gasteiger charge is -2.13. The predicted molar refractivity (Wildman–Crippen MR) is 57.4 cm³/mol. The van der Waals surface area contributed by atoms with Crippen molar-refractivity contribution in [3.05, 3.63) is 11.3 Å². The monoisotopic (exact) mass is 208 g/mol. The van der Waals surface area contributed by atoms with E-state index in [4.69, 9.17) is 10.4 Å². The first kappa shape index (κ1) is 11.5. The molecule has 0 fully saturated rings. The van der Waals surface area contributed by atoms with Gasteiger partial charge in [-0.15, -0.1) is 0 Å². The second-order valence-corrected chi connectivity index (χ2v) is 3.60. The van der Waals surface area contributed by atoms with Crippen molar-refractivity contribution in [2.45, 2.75) is 26.3 Å². The van der Waals surface area contributed by atoms with E-state index in [0.29, 0.717) is 12.0 Å². The van der Waals surface area contributed by atoms with E-state index < -0.39 is 0 Å². The third kappa shape index (κ3) is 2.48. The molecular weight excluding hydrogens is 192 g/mol. The van der Waals surface area contributed by atoms with Crippen molar-refractivity contribution < 1.29 is 5.11 Å². The van der Waals surface area contributed by atoms with E-state index in [9.17, 15) is 0 Å². The zero-order valence-electron chi connectivity index (χ0n) is 9.28. The fraction of sp³-hybridized carbons (Fsp3) is 0.600. The molecule has 5 nitrogen and oxygen atoms in total. The van der Waals surface area contributed by atoms with Crippen LogP contribution in [0.2, 0.25) is 0 Å². The van der Waals surface area contributed by atoms with E-state index in [2.05, 4.69) is 16.5 Å². The van der Waals surface area contributed by atoms with Gasteiger partial charge in [-0.05, 0) is 20.3 Å². The molecule has 0 spiro atoms. The Labute approximate surface area is 89.3 Å². The number of rotatable bonds is 4. The Morgan fingerprint density at radius 2 is 2.33 bits per heavy atom. The molecule has 0 aliphatic heterocycles. The molecule has 0 amide bonds. The maximum Gasteiger partial charge on any atom is 0.142 e. The van der Waals surface area contributed by atoms with Crippen LogP contribution in [0, 0.1) is 18.3 Å². The van der Waals surface area contributed by atoms with Crippen LogP contribution >= 0.6 is 0 Å². The van der Waals surface area contributed by atoms with E-state index in [1.807, 2.05) is 6.92 Å². The number of anilines is 1. The van der Waals surface area contributed by atoms with Crippen LogP contribution in [-0.4, -0.2) is 27.5 Å². The highest BCUT2D eigenvalue weighted by molar-refractivity contribution is 5.55. The Morgan fingerprint density at radius 1 is 1.67 bits per heavy atom. The third-order valence-corrected chi connectivity index (χ3v) is 2.28. The zero-order valence-corrected chi connectivity index (χ0v) is 9.28. The van der Waals surface area contributed by atoms with Crippen LogP contribution < -0.4 is 5.32 Å². The van der Waals surface area contributed by atoms with Gasteiger partial charge in [0.05, 0.1) is 5.69 Å². The van der Waals surface area contributed by atoms with Gasteiger partial charge in [0.1, 0.15) is 17.5 Å². The first-order chi connectivity index (χ1) is 7.10. The highest BCUT2D eigenvalue weighted by atomic mass is 16.3. The number of aryl methyl sites for hydroxylation is 2. The van der Waals surface area contributed by atoms with Crippen molar-refractivity contribution in [3.8, 4) is 6.07 Å².